The first-order valence-electron chi connectivity index (χ1n) is 9.89. The highest BCUT2D eigenvalue weighted by molar-refractivity contribution is 7.21. The smallest absolute Gasteiger partial charge is 0.349 e. The summed E-state index contributed by atoms with van der Waals surface area (Å²) < 4.78 is 17.9. The Bertz CT molecular complexity index is 1250. The van der Waals surface area contributed by atoms with Crippen LogP contribution >= 0.6 is 11.3 Å². The Labute approximate surface area is 189 Å². The average Bonchev–Trinajstić information content (AvgIpc) is 3.21. The molecule has 4 rings (SSSR count). The van der Waals surface area contributed by atoms with Gasteiger partial charge in [0.2, 0.25) is 5.91 Å². The number of primary amides is 1. The molecular weight excluding hydrogens is 426 g/mol. The van der Waals surface area contributed by atoms with E-state index in [1.54, 1.807) is 31.4 Å². The monoisotopic (exact) mass is 447 g/mol. The fourth-order valence-electron chi connectivity index (χ4n) is 3.31. The van der Waals surface area contributed by atoms with Gasteiger partial charge in [-0.2, -0.15) is 0 Å². The maximum atomic E-state index is 13.0. The van der Waals surface area contributed by atoms with Crippen LogP contribution < -0.4 is 15.2 Å². The second kappa shape index (κ2) is 9.53. The van der Waals surface area contributed by atoms with E-state index in [1.807, 2.05) is 48.5 Å². The molecule has 0 unspecified atom stereocenters. The molecule has 1 amide bonds. The molecule has 6 nitrogen and oxygen atoms in total. The van der Waals surface area contributed by atoms with Gasteiger partial charge >= 0.3 is 5.97 Å². The van der Waals surface area contributed by atoms with Crippen LogP contribution in [0.25, 0.3) is 10.1 Å². The van der Waals surface area contributed by atoms with Crippen molar-refractivity contribution in [2.24, 2.45) is 5.73 Å². The molecule has 0 aliphatic rings. The van der Waals surface area contributed by atoms with Crippen LogP contribution in [0.1, 0.15) is 31.2 Å². The summed E-state index contributed by atoms with van der Waals surface area (Å²) in [6, 6.07) is 21.7. The van der Waals surface area contributed by atoms with Crippen LogP contribution in [-0.2, 0) is 18.0 Å². The number of fused-ring (bicyclic) bond motifs is 1. The Balaban J connectivity index is 1.62. The van der Waals surface area contributed by atoms with Gasteiger partial charge in [0.1, 0.15) is 29.6 Å². The van der Waals surface area contributed by atoms with Gasteiger partial charge < -0.3 is 19.9 Å². The fraction of sp³-hybridized carbons (Fsp3) is 0.120. The number of thiophene rings is 1. The third kappa shape index (κ3) is 4.58. The minimum absolute atomic E-state index is 0.131. The van der Waals surface area contributed by atoms with Gasteiger partial charge in [0.25, 0.3) is 0 Å². The van der Waals surface area contributed by atoms with Crippen molar-refractivity contribution >= 4 is 33.3 Å². The Morgan fingerprint density at radius 2 is 1.66 bits per heavy atom. The highest BCUT2D eigenvalue weighted by Crippen LogP contribution is 2.38. The minimum atomic E-state index is -0.506. The molecule has 0 bridgehead atoms. The molecule has 7 heteroatoms. The van der Waals surface area contributed by atoms with E-state index >= 15 is 0 Å². The molecule has 32 heavy (non-hydrogen) atoms. The second-order valence-electron chi connectivity index (χ2n) is 6.98. The first-order chi connectivity index (χ1) is 15.6. The lowest BCUT2D eigenvalue weighted by atomic mass is 10.1. The number of hydrogen-bond acceptors (Lipinski definition) is 6. The lowest BCUT2D eigenvalue weighted by Gasteiger charge is -2.10. The van der Waals surface area contributed by atoms with Crippen molar-refractivity contribution < 1.29 is 23.8 Å². The number of amides is 1. The summed E-state index contributed by atoms with van der Waals surface area (Å²) >= 11 is 1.34. The normalized spacial score (nSPS) is 10.7. The molecule has 0 aliphatic heterocycles. The standard InChI is InChI=1S/C25H21NO5S/c1-29-20-8-5-9-21-22(20)19(15-30-18-12-10-17(11-13-18)24(26)27)23(32-21)25(28)31-14-16-6-3-2-4-7-16/h2-13H,14-15H2,1H3,(H2,26,27). The summed E-state index contributed by atoms with van der Waals surface area (Å²) in [6.07, 6.45) is 0. The predicted molar refractivity (Wildman–Crippen MR) is 123 cm³/mol. The SMILES string of the molecule is COc1cccc2sc(C(=O)OCc3ccccc3)c(COc3ccc(C(N)=O)cc3)c12. The molecule has 0 saturated heterocycles. The molecule has 1 heterocycles. The number of carbonyl (C=O) groups excluding carboxylic acids is 2. The Morgan fingerprint density at radius 3 is 2.34 bits per heavy atom. The molecule has 4 aromatic rings. The van der Waals surface area contributed by atoms with Crippen molar-refractivity contribution in [2.75, 3.05) is 7.11 Å². The number of esters is 1. The molecule has 1 aromatic heterocycles. The highest BCUT2D eigenvalue weighted by atomic mass is 32.1. The van der Waals surface area contributed by atoms with Gasteiger partial charge in [-0.05, 0) is 42.0 Å². The van der Waals surface area contributed by atoms with E-state index in [-0.39, 0.29) is 13.2 Å². The summed E-state index contributed by atoms with van der Waals surface area (Å²) in [6.45, 7) is 0.311. The quantitative estimate of drug-likeness (QED) is 0.386. The van der Waals surface area contributed by atoms with Gasteiger partial charge in [-0.25, -0.2) is 4.79 Å². The largest absolute Gasteiger partial charge is 0.496 e. The first kappa shape index (κ1) is 21.4. The van der Waals surface area contributed by atoms with Gasteiger partial charge in [0.05, 0.1) is 7.11 Å². The van der Waals surface area contributed by atoms with Gasteiger partial charge in [-0.15, -0.1) is 11.3 Å². The van der Waals surface area contributed by atoms with Crippen LogP contribution in [0.15, 0.2) is 72.8 Å². The Morgan fingerprint density at radius 1 is 0.906 bits per heavy atom. The molecule has 0 radical (unpaired) electrons. The molecule has 0 fully saturated rings. The van der Waals surface area contributed by atoms with Crippen molar-refractivity contribution in [3.05, 3.63) is 94.4 Å². The Kier molecular flexibility index (Phi) is 6.37. The summed E-state index contributed by atoms with van der Waals surface area (Å²) in [5.41, 5.74) is 7.29. The minimum Gasteiger partial charge on any atom is -0.496 e. The van der Waals surface area contributed by atoms with Crippen LogP contribution in [0.4, 0.5) is 0 Å². The third-order valence-electron chi connectivity index (χ3n) is 4.92. The predicted octanol–water partition coefficient (Wildman–Crippen LogP) is 4.94. The topological polar surface area (TPSA) is 87.8 Å². The number of nitrogens with two attached hydrogens (primary N) is 1. The summed E-state index contributed by atoms with van der Waals surface area (Å²) in [5, 5.41) is 0.820. The van der Waals surface area contributed by atoms with E-state index in [4.69, 9.17) is 19.9 Å². The van der Waals surface area contributed by atoms with Crippen molar-refractivity contribution in [3.8, 4) is 11.5 Å². The average molecular weight is 448 g/mol. The van der Waals surface area contributed by atoms with E-state index < -0.39 is 11.9 Å². The second-order valence-corrected chi connectivity index (χ2v) is 8.03. The van der Waals surface area contributed by atoms with Crippen molar-refractivity contribution in [3.63, 3.8) is 0 Å². The molecule has 0 atom stereocenters. The number of carbonyl (C=O) groups is 2. The van der Waals surface area contributed by atoms with Crippen molar-refractivity contribution in [2.45, 2.75) is 13.2 Å². The summed E-state index contributed by atoms with van der Waals surface area (Å²) in [7, 11) is 1.59. The zero-order valence-electron chi connectivity index (χ0n) is 17.4. The maximum absolute atomic E-state index is 13.0. The summed E-state index contributed by atoms with van der Waals surface area (Å²) in [5.74, 6) is 0.282. The van der Waals surface area contributed by atoms with E-state index in [0.717, 1.165) is 15.6 Å². The van der Waals surface area contributed by atoms with Crippen LogP contribution in [0, 0.1) is 0 Å². The van der Waals surface area contributed by atoms with Gasteiger partial charge in [0.15, 0.2) is 0 Å². The lowest BCUT2D eigenvalue weighted by Crippen LogP contribution is -2.10. The van der Waals surface area contributed by atoms with Crippen molar-refractivity contribution in [1.82, 2.24) is 0 Å². The van der Waals surface area contributed by atoms with E-state index in [1.165, 1.54) is 11.3 Å². The zero-order chi connectivity index (χ0) is 22.5. The van der Waals surface area contributed by atoms with Crippen LogP contribution in [0.2, 0.25) is 0 Å². The molecule has 3 aromatic carbocycles. The molecule has 0 spiro atoms. The van der Waals surface area contributed by atoms with Gasteiger partial charge in [-0.1, -0.05) is 36.4 Å². The number of hydrogen-bond donors (Lipinski definition) is 1. The van der Waals surface area contributed by atoms with Crippen LogP contribution in [-0.4, -0.2) is 19.0 Å². The Hall–Kier alpha value is -3.84. The maximum Gasteiger partial charge on any atom is 0.349 e. The molecule has 2 N–H and O–H groups in total. The molecule has 162 valence electrons. The molecule has 0 aliphatic carbocycles. The van der Waals surface area contributed by atoms with E-state index in [0.29, 0.717) is 27.5 Å². The van der Waals surface area contributed by atoms with Gasteiger partial charge in [0, 0.05) is 21.2 Å². The molecular formula is C25H21NO5S. The van der Waals surface area contributed by atoms with E-state index in [2.05, 4.69) is 0 Å². The number of methoxy groups -OCH3 is 1. The first-order valence-corrected chi connectivity index (χ1v) is 10.7. The number of ether oxygens (including phenoxy) is 3. The number of rotatable bonds is 8. The third-order valence-corrected chi connectivity index (χ3v) is 6.09. The van der Waals surface area contributed by atoms with Crippen LogP contribution in [0.3, 0.4) is 0 Å². The number of benzene rings is 3. The fourth-order valence-corrected chi connectivity index (χ4v) is 4.43. The molecule has 0 saturated carbocycles. The zero-order valence-corrected chi connectivity index (χ0v) is 18.2. The highest BCUT2D eigenvalue weighted by Gasteiger charge is 2.23. The van der Waals surface area contributed by atoms with Crippen LogP contribution in [0.5, 0.6) is 11.5 Å². The summed E-state index contributed by atoms with van der Waals surface area (Å²) in [4.78, 5) is 24.7. The van der Waals surface area contributed by atoms with E-state index in [9.17, 15) is 9.59 Å². The van der Waals surface area contributed by atoms with Gasteiger partial charge in [-0.3, -0.25) is 4.79 Å². The lowest BCUT2D eigenvalue weighted by molar-refractivity contribution is 0.0476. The van der Waals surface area contributed by atoms with Crippen molar-refractivity contribution in [1.29, 1.82) is 0 Å².